The molecular weight excluding hydrogens is 318 g/mol. The van der Waals surface area contributed by atoms with Crippen molar-refractivity contribution >= 4 is 62.2 Å². The maximum absolute atomic E-state index is 5.95. The standard InChI is InChI=1S/C12H14ClN3S3/c1-2-16(11(14)17)5-6-18-12-15-9-7-8(13)3-4-10(9)19-12/h3-4,7H,2,5-6H2,1H3,(H2,14,17). The van der Waals surface area contributed by atoms with Gasteiger partial charge in [0, 0.05) is 23.9 Å². The molecule has 0 saturated heterocycles. The number of hydrogen-bond donors (Lipinski definition) is 1. The second-order valence-corrected chi connectivity index (χ2v) is 7.09. The van der Waals surface area contributed by atoms with Crippen molar-refractivity contribution in [1.29, 1.82) is 0 Å². The fourth-order valence-corrected chi connectivity index (χ4v) is 4.08. The van der Waals surface area contributed by atoms with E-state index in [2.05, 4.69) is 4.98 Å². The van der Waals surface area contributed by atoms with Gasteiger partial charge in [0.05, 0.1) is 10.2 Å². The number of hydrogen-bond acceptors (Lipinski definition) is 4. The summed E-state index contributed by atoms with van der Waals surface area (Å²) in [6, 6.07) is 5.79. The lowest BCUT2D eigenvalue weighted by Gasteiger charge is -2.19. The van der Waals surface area contributed by atoms with Crippen molar-refractivity contribution < 1.29 is 0 Å². The normalized spacial score (nSPS) is 10.8. The second kappa shape index (κ2) is 6.74. The molecule has 102 valence electrons. The van der Waals surface area contributed by atoms with Crippen LogP contribution in [-0.4, -0.2) is 33.8 Å². The van der Waals surface area contributed by atoms with Crippen LogP contribution < -0.4 is 5.73 Å². The molecule has 1 aromatic carbocycles. The summed E-state index contributed by atoms with van der Waals surface area (Å²) in [7, 11) is 0. The van der Waals surface area contributed by atoms with E-state index in [1.807, 2.05) is 30.0 Å². The number of aromatic nitrogens is 1. The molecule has 19 heavy (non-hydrogen) atoms. The Kier molecular flexibility index (Phi) is 5.27. The van der Waals surface area contributed by atoms with Gasteiger partial charge in [0.15, 0.2) is 9.45 Å². The zero-order valence-corrected chi connectivity index (χ0v) is 13.6. The van der Waals surface area contributed by atoms with Crippen molar-refractivity contribution in [2.24, 2.45) is 5.73 Å². The van der Waals surface area contributed by atoms with Crippen LogP contribution in [0, 0.1) is 0 Å². The van der Waals surface area contributed by atoms with E-state index < -0.39 is 0 Å². The lowest BCUT2D eigenvalue weighted by molar-refractivity contribution is 0.473. The van der Waals surface area contributed by atoms with Gasteiger partial charge in [-0.1, -0.05) is 23.4 Å². The highest BCUT2D eigenvalue weighted by Gasteiger charge is 2.07. The first-order valence-corrected chi connectivity index (χ1v) is 8.42. The first kappa shape index (κ1) is 14.8. The summed E-state index contributed by atoms with van der Waals surface area (Å²) in [5, 5.41) is 1.18. The molecule has 1 aromatic heterocycles. The predicted molar refractivity (Wildman–Crippen MR) is 89.4 cm³/mol. The van der Waals surface area contributed by atoms with Crippen LogP contribution in [0.1, 0.15) is 6.92 Å². The number of nitrogens with two attached hydrogens (primary N) is 1. The van der Waals surface area contributed by atoms with Crippen LogP contribution in [0.3, 0.4) is 0 Å². The smallest absolute Gasteiger partial charge is 0.166 e. The van der Waals surface area contributed by atoms with Crippen LogP contribution in [0.15, 0.2) is 22.5 Å². The maximum atomic E-state index is 5.95. The Balaban J connectivity index is 1.96. The lowest BCUT2D eigenvalue weighted by Crippen LogP contribution is -2.36. The highest BCUT2D eigenvalue weighted by Crippen LogP contribution is 2.30. The fraction of sp³-hybridized carbons (Fsp3) is 0.333. The second-order valence-electron chi connectivity index (χ2n) is 3.86. The number of thiazole rings is 1. The largest absolute Gasteiger partial charge is 0.376 e. The van der Waals surface area contributed by atoms with Crippen molar-refractivity contribution in [3.05, 3.63) is 23.2 Å². The van der Waals surface area contributed by atoms with E-state index in [9.17, 15) is 0 Å². The summed E-state index contributed by atoms with van der Waals surface area (Å²) in [4.78, 5) is 6.53. The Labute approximate surface area is 131 Å². The molecule has 0 bridgehead atoms. The lowest BCUT2D eigenvalue weighted by atomic mass is 10.3. The molecule has 0 unspecified atom stereocenters. The van der Waals surface area contributed by atoms with Crippen molar-refractivity contribution in [3.8, 4) is 0 Å². The zero-order valence-electron chi connectivity index (χ0n) is 10.4. The van der Waals surface area contributed by atoms with E-state index in [0.717, 1.165) is 38.4 Å². The molecule has 0 spiro atoms. The quantitative estimate of drug-likeness (QED) is 0.669. The highest BCUT2D eigenvalue weighted by atomic mass is 35.5. The molecule has 2 rings (SSSR count). The number of nitrogens with zero attached hydrogens (tertiary/aromatic N) is 2. The van der Waals surface area contributed by atoms with Crippen LogP contribution in [0.2, 0.25) is 5.02 Å². The van der Waals surface area contributed by atoms with E-state index in [1.54, 1.807) is 23.1 Å². The van der Waals surface area contributed by atoms with Crippen LogP contribution in [-0.2, 0) is 0 Å². The van der Waals surface area contributed by atoms with Gasteiger partial charge in [0.25, 0.3) is 0 Å². The van der Waals surface area contributed by atoms with Crippen LogP contribution in [0.5, 0.6) is 0 Å². The third-order valence-corrected chi connectivity index (χ3v) is 5.26. The molecule has 0 fully saturated rings. The first-order chi connectivity index (χ1) is 9.10. The summed E-state index contributed by atoms with van der Waals surface area (Å²) in [6.45, 7) is 3.72. The van der Waals surface area contributed by atoms with Crippen molar-refractivity contribution in [3.63, 3.8) is 0 Å². The number of thioether (sulfide) groups is 1. The molecule has 0 aliphatic heterocycles. The summed E-state index contributed by atoms with van der Waals surface area (Å²) >= 11 is 14.3. The molecule has 0 aliphatic rings. The van der Waals surface area contributed by atoms with Gasteiger partial charge < -0.3 is 10.6 Å². The van der Waals surface area contributed by atoms with E-state index in [-0.39, 0.29) is 0 Å². The van der Waals surface area contributed by atoms with Gasteiger partial charge in [0.2, 0.25) is 0 Å². The van der Waals surface area contributed by atoms with E-state index in [0.29, 0.717) is 5.11 Å². The monoisotopic (exact) mass is 331 g/mol. The van der Waals surface area contributed by atoms with Crippen molar-refractivity contribution in [1.82, 2.24) is 9.88 Å². The Morgan fingerprint density at radius 3 is 3.05 bits per heavy atom. The van der Waals surface area contributed by atoms with Crippen LogP contribution in [0.25, 0.3) is 10.2 Å². The first-order valence-electron chi connectivity index (χ1n) is 5.83. The van der Waals surface area contributed by atoms with E-state index in [1.165, 1.54) is 0 Å². The van der Waals surface area contributed by atoms with Crippen molar-refractivity contribution in [2.45, 2.75) is 11.3 Å². The maximum Gasteiger partial charge on any atom is 0.166 e. The number of halogens is 1. The molecule has 2 aromatic rings. The van der Waals surface area contributed by atoms with Crippen molar-refractivity contribution in [2.75, 3.05) is 18.8 Å². The van der Waals surface area contributed by atoms with Gasteiger partial charge in [-0.15, -0.1) is 11.3 Å². The minimum absolute atomic E-state index is 0.458. The average molecular weight is 332 g/mol. The number of fused-ring (bicyclic) bond motifs is 1. The van der Waals surface area contributed by atoms with E-state index in [4.69, 9.17) is 29.6 Å². The summed E-state index contributed by atoms with van der Waals surface area (Å²) in [6.07, 6.45) is 0. The molecule has 0 saturated carbocycles. The highest BCUT2D eigenvalue weighted by molar-refractivity contribution is 8.01. The summed E-state index contributed by atoms with van der Waals surface area (Å²) < 4.78 is 2.21. The number of benzene rings is 1. The number of thiocarbonyl (C=S) groups is 1. The number of rotatable bonds is 5. The Hall–Kier alpha value is -0.560. The molecule has 2 N–H and O–H groups in total. The third-order valence-electron chi connectivity index (χ3n) is 2.61. The van der Waals surface area contributed by atoms with Crippen LogP contribution >= 0.6 is 46.9 Å². The van der Waals surface area contributed by atoms with Gasteiger partial charge in [-0.3, -0.25) is 0 Å². The molecule has 3 nitrogen and oxygen atoms in total. The Morgan fingerprint density at radius 1 is 1.58 bits per heavy atom. The predicted octanol–water partition coefficient (Wildman–Crippen LogP) is 3.61. The zero-order chi connectivity index (χ0) is 13.8. The van der Waals surface area contributed by atoms with Crippen LogP contribution in [0.4, 0.5) is 0 Å². The van der Waals surface area contributed by atoms with Gasteiger partial charge in [-0.05, 0) is 37.3 Å². The molecule has 0 radical (unpaired) electrons. The molecule has 7 heteroatoms. The minimum atomic E-state index is 0.458. The Bertz CT molecular complexity index is 585. The molecular formula is C12H14ClN3S3. The van der Waals surface area contributed by atoms with Gasteiger partial charge in [-0.25, -0.2) is 4.98 Å². The SMILES string of the molecule is CCN(CCSc1nc2cc(Cl)ccc2s1)C(N)=S. The molecule has 0 atom stereocenters. The van der Waals surface area contributed by atoms with Gasteiger partial charge in [0.1, 0.15) is 0 Å². The van der Waals surface area contributed by atoms with E-state index >= 15 is 0 Å². The topological polar surface area (TPSA) is 42.2 Å². The fourth-order valence-electron chi connectivity index (χ4n) is 1.61. The summed E-state index contributed by atoms with van der Waals surface area (Å²) in [5.41, 5.74) is 6.58. The molecule has 1 heterocycles. The molecule has 0 aliphatic carbocycles. The average Bonchev–Trinajstić information content (AvgIpc) is 2.75. The third kappa shape index (κ3) is 3.95. The molecule has 0 amide bonds. The van der Waals surface area contributed by atoms with Gasteiger partial charge in [-0.2, -0.15) is 0 Å². The summed E-state index contributed by atoms with van der Waals surface area (Å²) in [5.74, 6) is 0.915. The van der Waals surface area contributed by atoms with Gasteiger partial charge >= 0.3 is 0 Å². The Morgan fingerprint density at radius 2 is 2.37 bits per heavy atom. The minimum Gasteiger partial charge on any atom is -0.376 e.